The largest absolute Gasteiger partial charge is 0.494 e. The summed E-state index contributed by atoms with van der Waals surface area (Å²) >= 11 is 14.3. The first-order chi connectivity index (χ1) is 13.4. The lowest BCUT2D eigenvalue weighted by atomic mass is 10.1. The van der Waals surface area contributed by atoms with Crippen LogP contribution in [-0.4, -0.2) is 13.5 Å². The predicted molar refractivity (Wildman–Crippen MR) is 123 cm³/mol. The zero-order valence-corrected chi connectivity index (χ0v) is 18.9. The maximum absolute atomic E-state index is 7.13. The van der Waals surface area contributed by atoms with Crippen LogP contribution in [0.15, 0.2) is 78.9 Å². The Hall–Kier alpha value is -1.94. The standard InChI is InChI=1S/C23H25Cl2NOSi/c1-4-27-22-16-12-20(13-17-22)19(3)26(21-14-10-18(2)11-15-21)28(24,25)23-8-6-5-7-9-23/h5-17,19H,4H2,1-3H3. The molecule has 0 aliphatic carbocycles. The number of hydrogen-bond acceptors (Lipinski definition) is 2. The van der Waals surface area contributed by atoms with Crippen LogP contribution in [-0.2, 0) is 0 Å². The van der Waals surface area contributed by atoms with E-state index in [4.69, 9.17) is 26.9 Å². The molecular weight excluding hydrogens is 405 g/mol. The van der Waals surface area contributed by atoms with Crippen LogP contribution in [0.25, 0.3) is 0 Å². The Kier molecular flexibility index (Phi) is 6.71. The van der Waals surface area contributed by atoms with Gasteiger partial charge < -0.3 is 9.30 Å². The Morgan fingerprint density at radius 1 is 0.893 bits per heavy atom. The molecule has 146 valence electrons. The summed E-state index contributed by atoms with van der Waals surface area (Å²) in [5.41, 5.74) is 3.36. The van der Waals surface area contributed by atoms with E-state index in [2.05, 4.69) is 54.8 Å². The molecule has 5 heteroatoms. The van der Waals surface area contributed by atoms with E-state index < -0.39 is 6.86 Å². The van der Waals surface area contributed by atoms with Crippen LogP contribution < -0.4 is 14.5 Å². The number of anilines is 1. The number of benzene rings is 3. The van der Waals surface area contributed by atoms with E-state index in [0.29, 0.717) is 6.61 Å². The molecule has 0 aromatic heterocycles. The topological polar surface area (TPSA) is 12.5 Å². The summed E-state index contributed by atoms with van der Waals surface area (Å²) in [6, 6.07) is 26.5. The number of halogens is 2. The molecule has 3 aromatic rings. The van der Waals surface area contributed by atoms with E-state index in [-0.39, 0.29) is 6.04 Å². The molecule has 0 saturated carbocycles. The van der Waals surface area contributed by atoms with Crippen LogP contribution in [0.3, 0.4) is 0 Å². The lowest BCUT2D eigenvalue weighted by Crippen LogP contribution is -2.55. The van der Waals surface area contributed by atoms with Crippen LogP contribution >= 0.6 is 22.2 Å². The van der Waals surface area contributed by atoms with Gasteiger partial charge in [0.1, 0.15) is 5.75 Å². The minimum atomic E-state index is -3.00. The van der Waals surface area contributed by atoms with Crippen molar-refractivity contribution in [2.24, 2.45) is 0 Å². The van der Waals surface area contributed by atoms with E-state index in [1.54, 1.807) is 0 Å². The molecule has 2 nitrogen and oxygen atoms in total. The summed E-state index contributed by atoms with van der Waals surface area (Å²) in [6.07, 6.45) is 0. The fraction of sp³-hybridized carbons (Fsp3) is 0.217. The van der Waals surface area contributed by atoms with Crippen LogP contribution in [0.4, 0.5) is 5.69 Å². The van der Waals surface area contributed by atoms with Gasteiger partial charge in [-0.1, -0.05) is 60.2 Å². The van der Waals surface area contributed by atoms with Gasteiger partial charge in [-0.05, 0) is 55.8 Å². The maximum atomic E-state index is 7.13. The molecule has 1 unspecified atom stereocenters. The molecule has 0 radical (unpaired) electrons. The molecule has 0 bridgehead atoms. The van der Waals surface area contributed by atoms with Gasteiger partial charge in [-0.2, -0.15) is 0 Å². The second kappa shape index (κ2) is 9.04. The molecule has 0 aliphatic heterocycles. The van der Waals surface area contributed by atoms with Crippen LogP contribution in [0.1, 0.15) is 31.0 Å². The molecule has 0 N–H and O–H groups in total. The van der Waals surface area contributed by atoms with Crippen LogP contribution in [0.5, 0.6) is 5.75 Å². The molecule has 0 heterocycles. The predicted octanol–water partition coefficient (Wildman–Crippen LogP) is 6.29. The Balaban J connectivity index is 2.04. The Bertz CT molecular complexity index is 883. The highest BCUT2D eigenvalue weighted by atomic mass is 35.7. The molecule has 0 fully saturated rings. The molecular formula is C23H25Cl2NOSi. The third-order valence-electron chi connectivity index (χ3n) is 4.80. The highest BCUT2D eigenvalue weighted by molar-refractivity contribution is 7.52. The third-order valence-corrected chi connectivity index (χ3v) is 9.48. The summed E-state index contributed by atoms with van der Waals surface area (Å²) < 4.78 is 7.76. The number of aryl methyl sites for hydroxylation is 1. The summed E-state index contributed by atoms with van der Waals surface area (Å²) in [7, 11) is 0. The SMILES string of the molecule is CCOc1ccc(C(C)N(c2ccc(C)cc2)[Si](Cl)(Cl)c2ccccc2)cc1. The number of ether oxygens (including phenoxy) is 1. The monoisotopic (exact) mass is 429 g/mol. The van der Waals surface area contributed by atoms with Gasteiger partial charge in [-0.15, -0.1) is 22.2 Å². The molecule has 1 atom stereocenters. The van der Waals surface area contributed by atoms with E-state index in [9.17, 15) is 0 Å². The van der Waals surface area contributed by atoms with Crippen molar-refractivity contribution in [3.8, 4) is 5.75 Å². The van der Waals surface area contributed by atoms with Gasteiger partial charge in [-0.3, -0.25) is 0 Å². The average Bonchev–Trinajstić information content (AvgIpc) is 2.71. The first-order valence-corrected chi connectivity index (χ1v) is 13.4. The number of rotatable bonds is 7. The van der Waals surface area contributed by atoms with Crippen molar-refractivity contribution in [3.63, 3.8) is 0 Å². The second-order valence-electron chi connectivity index (χ2n) is 6.79. The van der Waals surface area contributed by atoms with Crippen molar-refractivity contribution >= 4 is 39.9 Å². The minimum Gasteiger partial charge on any atom is -0.494 e. The molecule has 0 aliphatic rings. The van der Waals surface area contributed by atoms with Crippen LogP contribution in [0, 0.1) is 6.92 Å². The molecule has 28 heavy (non-hydrogen) atoms. The Labute approximate surface area is 178 Å². The zero-order valence-electron chi connectivity index (χ0n) is 16.4. The smallest absolute Gasteiger partial charge is 0.386 e. The number of nitrogens with zero attached hydrogens (tertiary/aromatic N) is 1. The van der Waals surface area contributed by atoms with Crippen LogP contribution in [0.2, 0.25) is 0 Å². The van der Waals surface area contributed by atoms with E-state index in [1.807, 2.05) is 49.4 Å². The Morgan fingerprint density at radius 2 is 1.50 bits per heavy atom. The highest BCUT2D eigenvalue weighted by Gasteiger charge is 2.42. The van der Waals surface area contributed by atoms with E-state index >= 15 is 0 Å². The molecule has 3 aromatic carbocycles. The summed E-state index contributed by atoms with van der Waals surface area (Å²) in [5, 5.41) is 0.969. The minimum absolute atomic E-state index is 0.000237. The molecule has 3 rings (SSSR count). The van der Waals surface area contributed by atoms with Gasteiger partial charge in [-0.25, -0.2) is 0 Å². The average molecular weight is 430 g/mol. The molecule has 0 saturated heterocycles. The van der Waals surface area contributed by atoms with Gasteiger partial charge in [0.25, 0.3) is 0 Å². The maximum Gasteiger partial charge on any atom is 0.386 e. The van der Waals surface area contributed by atoms with Crippen molar-refractivity contribution in [2.75, 3.05) is 11.2 Å². The summed E-state index contributed by atoms with van der Waals surface area (Å²) in [6.45, 7) is 3.86. The van der Waals surface area contributed by atoms with Gasteiger partial charge >= 0.3 is 6.86 Å². The lowest BCUT2D eigenvalue weighted by molar-refractivity contribution is 0.340. The van der Waals surface area contributed by atoms with Crippen molar-refractivity contribution in [3.05, 3.63) is 90.0 Å². The van der Waals surface area contributed by atoms with Gasteiger partial charge in [0.15, 0.2) is 0 Å². The second-order valence-corrected chi connectivity index (χ2v) is 12.8. The summed E-state index contributed by atoms with van der Waals surface area (Å²) in [5.74, 6) is 0.864. The third kappa shape index (κ3) is 4.54. The van der Waals surface area contributed by atoms with Gasteiger partial charge in [0, 0.05) is 11.7 Å². The number of hydrogen-bond donors (Lipinski definition) is 0. The Morgan fingerprint density at radius 3 is 2.07 bits per heavy atom. The quantitative estimate of drug-likeness (QED) is 0.323. The van der Waals surface area contributed by atoms with Crippen molar-refractivity contribution in [1.82, 2.24) is 0 Å². The summed E-state index contributed by atoms with van der Waals surface area (Å²) in [4.78, 5) is 0. The fourth-order valence-electron chi connectivity index (χ4n) is 3.27. The molecule has 0 spiro atoms. The fourth-order valence-corrected chi connectivity index (χ4v) is 7.47. The van der Waals surface area contributed by atoms with Gasteiger partial charge in [0.05, 0.1) is 6.61 Å². The van der Waals surface area contributed by atoms with Crippen molar-refractivity contribution in [1.29, 1.82) is 0 Å². The molecule has 0 amide bonds. The zero-order chi connectivity index (χ0) is 20.1. The van der Waals surface area contributed by atoms with Gasteiger partial charge in [0.2, 0.25) is 0 Å². The van der Waals surface area contributed by atoms with E-state index in [1.165, 1.54) is 5.56 Å². The first-order valence-electron chi connectivity index (χ1n) is 9.45. The van der Waals surface area contributed by atoms with Crippen molar-refractivity contribution < 1.29 is 4.74 Å². The van der Waals surface area contributed by atoms with E-state index in [0.717, 1.165) is 22.2 Å². The van der Waals surface area contributed by atoms with Crippen molar-refractivity contribution in [2.45, 2.75) is 26.8 Å². The first kappa shape index (κ1) is 20.8. The normalized spacial score (nSPS) is 12.5. The highest BCUT2D eigenvalue weighted by Crippen LogP contribution is 2.36. The lowest BCUT2D eigenvalue weighted by Gasteiger charge is -2.40.